The molecule has 0 bridgehead atoms. The molecule has 1 heterocycles. The first-order valence-electron chi connectivity index (χ1n) is 8.88. The Kier molecular flexibility index (Phi) is 7.16. The molecule has 0 radical (unpaired) electrons. The minimum Gasteiger partial charge on any atom is -0.346 e. The van der Waals surface area contributed by atoms with Crippen LogP contribution in [0.5, 0.6) is 0 Å². The molecule has 2 rings (SSSR count). The van der Waals surface area contributed by atoms with Gasteiger partial charge in [0, 0.05) is 24.8 Å². The van der Waals surface area contributed by atoms with E-state index in [4.69, 9.17) is 0 Å². The summed E-state index contributed by atoms with van der Waals surface area (Å²) in [5, 5.41) is 5.21. The van der Waals surface area contributed by atoms with Crippen LogP contribution in [0.1, 0.15) is 26.7 Å². The Morgan fingerprint density at radius 3 is 2.41 bits per heavy atom. The van der Waals surface area contributed by atoms with Crippen molar-refractivity contribution in [3.8, 4) is 0 Å². The fourth-order valence-electron chi connectivity index (χ4n) is 2.70. The number of piperidine rings is 1. The molecule has 4 N–H and O–H groups in total. The van der Waals surface area contributed by atoms with Crippen molar-refractivity contribution < 1.29 is 19.2 Å². The lowest BCUT2D eigenvalue weighted by atomic mass is 9.98. The van der Waals surface area contributed by atoms with E-state index in [9.17, 15) is 19.2 Å². The second-order valence-corrected chi connectivity index (χ2v) is 6.65. The monoisotopic (exact) mass is 375 g/mol. The number of hydrogen-bond donors (Lipinski definition) is 4. The first-order chi connectivity index (χ1) is 12.9. The number of urea groups is 1. The fraction of sp³-hybridized carbons (Fsp3) is 0.444. The topological polar surface area (TPSA) is 120 Å². The molecule has 1 saturated heterocycles. The number of amides is 5. The third-order valence-electron chi connectivity index (χ3n) is 4.03. The third kappa shape index (κ3) is 6.28. The van der Waals surface area contributed by atoms with Gasteiger partial charge in [-0.2, -0.15) is 0 Å². The van der Waals surface area contributed by atoms with Crippen LogP contribution in [0.3, 0.4) is 0 Å². The molecule has 0 saturated carbocycles. The average molecular weight is 375 g/mol. The summed E-state index contributed by atoms with van der Waals surface area (Å²) < 4.78 is 0. The Morgan fingerprint density at radius 1 is 1.04 bits per heavy atom. The molecule has 0 spiro atoms. The summed E-state index contributed by atoms with van der Waals surface area (Å²) in [5.41, 5.74) is 5.04. The molecule has 1 aliphatic rings. The molecule has 27 heavy (non-hydrogen) atoms. The van der Waals surface area contributed by atoms with Gasteiger partial charge in [0.15, 0.2) is 0 Å². The van der Waals surface area contributed by atoms with E-state index in [0.29, 0.717) is 25.1 Å². The number of nitrogens with one attached hydrogen (secondary N) is 4. The van der Waals surface area contributed by atoms with E-state index >= 15 is 0 Å². The molecular weight excluding hydrogens is 350 g/mol. The largest absolute Gasteiger partial charge is 0.346 e. The molecule has 0 aromatic heterocycles. The SMILES string of the molecule is CC(C)NC(=O)C(=O)NNC(=O)[C@@H]1CCCN(C(=O)Nc2ccccc2)C1. The van der Waals surface area contributed by atoms with Crippen LogP contribution < -0.4 is 21.5 Å². The van der Waals surface area contributed by atoms with E-state index in [-0.39, 0.29) is 18.6 Å². The molecule has 1 aromatic rings. The highest BCUT2D eigenvalue weighted by molar-refractivity contribution is 6.35. The van der Waals surface area contributed by atoms with Crippen LogP contribution in [0.25, 0.3) is 0 Å². The van der Waals surface area contributed by atoms with Crippen molar-refractivity contribution in [1.82, 2.24) is 21.1 Å². The van der Waals surface area contributed by atoms with E-state index in [0.717, 1.165) is 0 Å². The summed E-state index contributed by atoms with van der Waals surface area (Å²) in [4.78, 5) is 49.3. The number of likely N-dealkylation sites (tertiary alicyclic amines) is 1. The zero-order valence-corrected chi connectivity index (χ0v) is 15.5. The Balaban J connectivity index is 1.82. The number of anilines is 1. The van der Waals surface area contributed by atoms with E-state index in [2.05, 4.69) is 21.5 Å². The van der Waals surface area contributed by atoms with Gasteiger partial charge >= 0.3 is 17.8 Å². The van der Waals surface area contributed by atoms with E-state index in [1.165, 1.54) is 0 Å². The van der Waals surface area contributed by atoms with Crippen LogP contribution in [-0.4, -0.2) is 47.8 Å². The minimum atomic E-state index is -0.938. The molecule has 9 nitrogen and oxygen atoms in total. The number of benzene rings is 1. The molecule has 1 aromatic carbocycles. The summed E-state index contributed by atoms with van der Waals surface area (Å²) in [7, 11) is 0. The van der Waals surface area contributed by atoms with Gasteiger partial charge in [0.1, 0.15) is 0 Å². The van der Waals surface area contributed by atoms with Crippen LogP contribution >= 0.6 is 0 Å². The Bertz CT molecular complexity index is 692. The predicted octanol–water partition coefficient (Wildman–Crippen LogP) is 0.603. The maximum Gasteiger partial charge on any atom is 0.327 e. The van der Waals surface area contributed by atoms with Gasteiger partial charge in [0.25, 0.3) is 0 Å². The van der Waals surface area contributed by atoms with Crippen molar-refractivity contribution in [2.45, 2.75) is 32.7 Å². The Labute approximate surface area is 157 Å². The molecule has 9 heteroatoms. The van der Waals surface area contributed by atoms with Crippen molar-refractivity contribution in [3.05, 3.63) is 30.3 Å². The summed E-state index contributed by atoms with van der Waals surface area (Å²) in [5.74, 6) is -2.66. The summed E-state index contributed by atoms with van der Waals surface area (Å²) >= 11 is 0. The number of para-hydroxylation sites is 1. The zero-order valence-electron chi connectivity index (χ0n) is 15.5. The Morgan fingerprint density at radius 2 is 1.74 bits per heavy atom. The first-order valence-corrected chi connectivity index (χ1v) is 8.88. The molecule has 0 unspecified atom stereocenters. The molecule has 5 amide bonds. The van der Waals surface area contributed by atoms with Crippen LogP contribution in [0.4, 0.5) is 10.5 Å². The molecule has 0 aliphatic carbocycles. The van der Waals surface area contributed by atoms with E-state index < -0.39 is 23.6 Å². The molecule has 146 valence electrons. The van der Waals surface area contributed by atoms with E-state index in [1.807, 2.05) is 18.2 Å². The van der Waals surface area contributed by atoms with Crippen LogP contribution in [-0.2, 0) is 14.4 Å². The van der Waals surface area contributed by atoms with Gasteiger partial charge in [0.2, 0.25) is 5.91 Å². The van der Waals surface area contributed by atoms with Gasteiger partial charge in [-0.1, -0.05) is 18.2 Å². The lowest BCUT2D eigenvalue weighted by molar-refractivity contribution is -0.141. The first kappa shape index (κ1) is 20.2. The van der Waals surface area contributed by atoms with Gasteiger partial charge in [-0.25, -0.2) is 4.79 Å². The highest BCUT2D eigenvalue weighted by atomic mass is 16.2. The number of rotatable bonds is 3. The third-order valence-corrected chi connectivity index (χ3v) is 4.03. The maximum absolute atomic E-state index is 12.4. The Hall–Kier alpha value is -3.10. The maximum atomic E-state index is 12.4. The summed E-state index contributed by atoms with van der Waals surface area (Å²) in [6, 6.07) is 8.59. The second-order valence-electron chi connectivity index (χ2n) is 6.65. The number of hydrazine groups is 1. The van der Waals surface area contributed by atoms with Gasteiger partial charge < -0.3 is 15.5 Å². The number of hydrogen-bond acceptors (Lipinski definition) is 4. The van der Waals surface area contributed by atoms with Crippen LogP contribution in [0.15, 0.2) is 30.3 Å². The standard InChI is InChI=1S/C18H25N5O4/c1-12(2)19-16(25)17(26)22-21-15(24)13-7-6-10-23(11-13)18(27)20-14-8-4-3-5-9-14/h3-5,8-9,12-13H,6-7,10-11H2,1-2H3,(H,19,25)(H,20,27)(H,21,24)(H,22,26)/t13-/m1/s1. The highest BCUT2D eigenvalue weighted by Crippen LogP contribution is 2.18. The lowest BCUT2D eigenvalue weighted by Crippen LogP contribution is -2.53. The molecule has 1 fully saturated rings. The normalized spacial score (nSPS) is 16.4. The van der Waals surface area contributed by atoms with Crippen molar-refractivity contribution in [3.63, 3.8) is 0 Å². The quantitative estimate of drug-likeness (QED) is 0.457. The zero-order chi connectivity index (χ0) is 19.8. The van der Waals surface area contributed by atoms with Crippen LogP contribution in [0, 0.1) is 5.92 Å². The molecule has 1 atom stereocenters. The smallest absolute Gasteiger partial charge is 0.327 e. The summed E-state index contributed by atoms with van der Waals surface area (Å²) in [6.45, 7) is 4.23. The lowest BCUT2D eigenvalue weighted by Gasteiger charge is -2.32. The fourth-order valence-corrected chi connectivity index (χ4v) is 2.70. The van der Waals surface area contributed by atoms with Crippen molar-refractivity contribution >= 4 is 29.4 Å². The van der Waals surface area contributed by atoms with E-state index in [1.54, 1.807) is 30.9 Å². The minimum absolute atomic E-state index is 0.186. The number of carbonyl (C=O) groups excluding carboxylic acids is 4. The second kappa shape index (κ2) is 9.56. The number of carbonyl (C=O) groups is 4. The van der Waals surface area contributed by atoms with Crippen molar-refractivity contribution in [2.24, 2.45) is 5.92 Å². The molecule has 1 aliphatic heterocycles. The van der Waals surface area contributed by atoms with Crippen molar-refractivity contribution in [2.75, 3.05) is 18.4 Å². The average Bonchev–Trinajstić information content (AvgIpc) is 2.66. The van der Waals surface area contributed by atoms with Gasteiger partial charge in [-0.3, -0.25) is 25.2 Å². The number of nitrogens with zero attached hydrogens (tertiary/aromatic N) is 1. The van der Waals surface area contributed by atoms with Gasteiger partial charge in [-0.05, 0) is 38.8 Å². The van der Waals surface area contributed by atoms with Gasteiger partial charge in [0.05, 0.1) is 5.92 Å². The van der Waals surface area contributed by atoms with Gasteiger partial charge in [-0.15, -0.1) is 0 Å². The highest BCUT2D eigenvalue weighted by Gasteiger charge is 2.29. The molecular formula is C18H25N5O4. The predicted molar refractivity (Wildman–Crippen MR) is 99.3 cm³/mol. The van der Waals surface area contributed by atoms with Crippen molar-refractivity contribution in [1.29, 1.82) is 0 Å². The van der Waals surface area contributed by atoms with Crippen LogP contribution in [0.2, 0.25) is 0 Å². The summed E-state index contributed by atoms with van der Waals surface area (Å²) in [6.07, 6.45) is 1.26.